The molecule has 0 aliphatic rings. The van der Waals surface area contributed by atoms with Crippen LogP contribution in [0.4, 0.5) is 0 Å². The number of rotatable bonds is 8. The summed E-state index contributed by atoms with van der Waals surface area (Å²) in [4.78, 5) is 11.8. The van der Waals surface area contributed by atoms with Gasteiger partial charge in [-0.25, -0.2) is 5.43 Å². The molecular weight excluding hydrogens is 400 g/mol. The van der Waals surface area contributed by atoms with E-state index in [2.05, 4.69) is 32.9 Å². The summed E-state index contributed by atoms with van der Waals surface area (Å²) in [5.74, 6) is 0.961. The lowest BCUT2D eigenvalue weighted by atomic mass is 10.2. The minimum atomic E-state index is -0.231. The number of nitrogens with one attached hydrogen (secondary N) is 1. The van der Waals surface area contributed by atoms with Crippen LogP contribution in [0.25, 0.3) is 0 Å². The zero-order chi connectivity index (χ0) is 18.9. The second-order valence-electron chi connectivity index (χ2n) is 5.28. The molecule has 0 saturated carbocycles. The third-order valence-electron chi connectivity index (χ3n) is 3.19. The van der Waals surface area contributed by atoms with Crippen LogP contribution >= 0.6 is 34.9 Å². The second-order valence-corrected chi connectivity index (χ2v) is 8.71. The van der Waals surface area contributed by atoms with E-state index >= 15 is 0 Å². The Morgan fingerprint density at radius 2 is 1.89 bits per heavy atom. The third kappa shape index (κ3) is 6.70. The first-order chi connectivity index (χ1) is 13.2. The van der Waals surface area contributed by atoms with E-state index in [1.807, 2.05) is 18.2 Å². The van der Waals surface area contributed by atoms with E-state index in [9.17, 15) is 9.90 Å². The average Bonchev–Trinajstić information content (AvgIpc) is 3.14. The van der Waals surface area contributed by atoms with Crippen molar-refractivity contribution < 1.29 is 9.90 Å². The molecule has 2 N–H and O–H groups in total. The van der Waals surface area contributed by atoms with Crippen molar-refractivity contribution in [1.29, 1.82) is 0 Å². The molecule has 3 aromatic rings. The van der Waals surface area contributed by atoms with Gasteiger partial charge in [0, 0.05) is 5.75 Å². The Morgan fingerprint density at radius 1 is 1.11 bits per heavy atom. The Labute approximate surface area is 169 Å². The number of hydrogen-bond donors (Lipinski definition) is 2. The highest BCUT2D eigenvalue weighted by Crippen LogP contribution is 2.30. The van der Waals surface area contributed by atoms with Gasteiger partial charge < -0.3 is 5.11 Å². The molecule has 1 amide bonds. The third-order valence-corrected chi connectivity index (χ3v) is 6.45. The molecule has 1 heterocycles. The van der Waals surface area contributed by atoms with Crippen LogP contribution < -0.4 is 5.43 Å². The maximum atomic E-state index is 11.8. The normalized spacial score (nSPS) is 11.0. The number of hydrazone groups is 1. The number of aromatic nitrogens is 2. The van der Waals surface area contributed by atoms with Gasteiger partial charge in [0.05, 0.1) is 12.0 Å². The predicted molar refractivity (Wildman–Crippen MR) is 110 cm³/mol. The van der Waals surface area contributed by atoms with Gasteiger partial charge in [-0.3, -0.25) is 4.79 Å². The van der Waals surface area contributed by atoms with Gasteiger partial charge in [-0.1, -0.05) is 77.3 Å². The number of hydrogen-bond acceptors (Lipinski definition) is 8. The molecule has 0 aliphatic carbocycles. The summed E-state index contributed by atoms with van der Waals surface area (Å²) < 4.78 is 1.63. The Morgan fingerprint density at radius 3 is 2.67 bits per heavy atom. The van der Waals surface area contributed by atoms with Crippen molar-refractivity contribution in [2.24, 2.45) is 5.10 Å². The molecule has 0 saturated heterocycles. The topological polar surface area (TPSA) is 87.5 Å². The highest BCUT2D eigenvalue weighted by atomic mass is 32.2. The number of aromatic hydroxyl groups is 1. The fourth-order valence-corrected chi connectivity index (χ4v) is 4.74. The fourth-order valence-electron chi connectivity index (χ4n) is 1.98. The predicted octanol–water partition coefficient (Wildman–Crippen LogP) is 3.78. The van der Waals surface area contributed by atoms with Crippen LogP contribution in [0.3, 0.4) is 0 Å². The first kappa shape index (κ1) is 19.4. The monoisotopic (exact) mass is 416 g/mol. The highest BCUT2D eigenvalue weighted by Gasteiger charge is 2.08. The summed E-state index contributed by atoms with van der Waals surface area (Å²) >= 11 is 4.43. The molecular formula is C18H16N4O2S3. The molecule has 0 unspecified atom stereocenters. The molecule has 6 nitrogen and oxygen atoms in total. The number of phenols is 1. The molecule has 0 radical (unpaired) electrons. The van der Waals surface area contributed by atoms with Crippen molar-refractivity contribution in [3.8, 4) is 5.75 Å². The quantitative estimate of drug-likeness (QED) is 0.330. The van der Waals surface area contributed by atoms with E-state index in [1.165, 1.54) is 34.9 Å². The largest absolute Gasteiger partial charge is 0.508 e. The molecule has 0 atom stereocenters. The van der Waals surface area contributed by atoms with Gasteiger partial charge in [0.2, 0.25) is 0 Å². The number of phenolic OH excluding ortho intramolecular Hbond substituents is 1. The average molecular weight is 417 g/mol. The molecule has 1 aromatic heterocycles. The lowest BCUT2D eigenvalue weighted by Crippen LogP contribution is -2.19. The van der Waals surface area contributed by atoms with E-state index in [-0.39, 0.29) is 17.4 Å². The standard InChI is InChI=1S/C18H16N4O2S3/c23-15-8-4-7-14(9-15)10-19-20-16(24)12-26-18-22-21-17(27-18)25-11-13-5-2-1-3-6-13/h1-10,23H,11-12H2,(H,20,24)/b19-10-. The highest BCUT2D eigenvalue weighted by molar-refractivity contribution is 8.03. The molecule has 2 aromatic carbocycles. The summed E-state index contributed by atoms with van der Waals surface area (Å²) in [6.45, 7) is 0. The molecule has 138 valence electrons. The van der Waals surface area contributed by atoms with Crippen molar-refractivity contribution in [2.45, 2.75) is 14.4 Å². The van der Waals surface area contributed by atoms with E-state index in [4.69, 9.17) is 0 Å². The van der Waals surface area contributed by atoms with Crippen LogP contribution in [0, 0.1) is 0 Å². The van der Waals surface area contributed by atoms with Gasteiger partial charge in [0.1, 0.15) is 5.75 Å². The lowest BCUT2D eigenvalue weighted by Gasteiger charge is -1.98. The Kier molecular flexibility index (Phi) is 7.26. The summed E-state index contributed by atoms with van der Waals surface area (Å²) in [5, 5.41) is 21.5. The first-order valence-electron chi connectivity index (χ1n) is 7.93. The zero-order valence-corrected chi connectivity index (χ0v) is 16.6. The van der Waals surface area contributed by atoms with E-state index < -0.39 is 0 Å². The van der Waals surface area contributed by atoms with Gasteiger partial charge in [-0.05, 0) is 23.3 Å². The molecule has 0 fully saturated rings. The van der Waals surface area contributed by atoms with Gasteiger partial charge in [0.25, 0.3) is 5.91 Å². The van der Waals surface area contributed by atoms with Crippen LogP contribution in [0.2, 0.25) is 0 Å². The van der Waals surface area contributed by atoms with Gasteiger partial charge in [-0.15, -0.1) is 10.2 Å². The number of nitrogens with zero attached hydrogens (tertiary/aromatic N) is 3. The Hall–Kier alpha value is -2.36. The van der Waals surface area contributed by atoms with Crippen molar-refractivity contribution in [3.05, 3.63) is 65.7 Å². The number of carbonyl (C=O) groups excluding carboxylic acids is 1. The number of carbonyl (C=O) groups is 1. The maximum absolute atomic E-state index is 11.8. The van der Waals surface area contributed by atoms with Crippen molar-refractivity contribution in [2.75, 3.05) is 5.75 Å². The minimum Gasteiger partial charge on any atom is -0.508 e. The SMILES string of the molecule is O=C(CSc1nnc(SCc2ccccc2)s1)N/N=C\c1cccc(O)c1. The number of amides is 1. The van der Waals surface area contributed by atoms with Crippen LogP contribution in [0.5, 0.6) is 5.75 Å². The summed E-state index contributed by atoms with van der Waals surface area (Å²) in [7, 11) is 0. The van der Waals surface area contributed by atoms with E-state index in [0.717, 1.165) is 14.4 Å². The van der Waals surface area contributed by atoms with Crippen molar-refractivity contribution in [1.82, 2.24) is 15.6 Å². The van der Waals surface area contributed by atoms with Crippen molar-refractivity contribution in [3.63, 3.8) is 0 Å². The van der Waals surface area contributed by atoms with Gasteiger partial charge in [-0.2, -0.15) is 5.10 Å². The van der Waals surface area contributed by atoms with Crippen LogP contribution in [-0.4, -0.2) is 33.2 Å². The summed E-state index contributed by atoms with van der Waals surface area (Å²) in [5.41, 5.74) is 4.39. The Bertz CT molecular complexity index is 916. The van der Waals surface area contributed by atoms with Gasteiger partial charge in [0.15, 0.2) is 8.68 Å². The number of benzene rings is 2. The number of thioether (sulfide) groups is 2. The summed E-state index contributed by atoms with van der Waals surface area (Å²) in [6, 6.07) is 16.8. The lowest BCUT2D eigenvalue weighted by molar-refractivity contribution is -0.118. The smallest absolute Gasteiger partial charge is 0.250 e. The van der Waals surface area contributed by atoms with Crippen LogP contribution in [0.1, 0.15) is 11.1 Å². The Balaban J connectivity index is 1.40. The maximum Gasteiger partial charge on any atom is 0.250 e. The van der Waals surface area contributed by atoms with E-state index in [0.29, 0.717) is 5.56 Å². The molecule has 0 spiro atoms. The van der Waals surface area contributed by atoms with Crippen LogP contribution in [-0.2, 0) is 10.5 Å². The second kappa shape index (κ2) is 10.1. The fraction of sp³-hybridized carbons (Fsp3) is 0.111. The van der Waals surface area contributed by atoms with Gasteiger partial charge >= 0.3 is 0 Å². The molecule has 9 heteroatoms. The molecule has 0 bridgehead atoms. The van der Waals surface area contributed by atoms with Crippen molar-refractivity contribution >= 4 is 47.0 Å². The first-order valence-corrected chi connectivity index (χ1v) is 10.7. The zero-order valence-electron chi connectivity index (χ0n) is 14.1. The molecule has 3 rings (SSSR count). The minimum absolute atomic E-state index is 0.151. The molecule has 0 aliphatic heterocycles. The van der Waals surface area contributed by atoms with Crippen LogP contribution in [0.15, 0.2) is 68.4 Å². The summed E-state index contributed by atoms with van der Waals surface area (Å²) in [6.07, 6.45) is 1.48. The van der Waals surface area contributed by atoms with E-state index in [1.54, 1.807) is 36.0 Å². The molecule has 27 heavy (non-hydrogen) atoms.